The molecule has 0 saturated carbocycles. The molecule has 0 aliphatic carbocycles. The van der Waals surface area contributed by atoms with Gasteiger partial charge in [0, 0.05) is 15.7 Å². The van der Waals surface area contributed by atoms with E-state index in [1.54, 1.807) is 18.2 Å². The lowest BCUT2D eigenvalue weighted by molar-refractivity contribution is -0.113. The molecule has 0 aliphatic heterocycles. The predicted octanol–water partition coefficient (Wildman–Crippen LogP) is 5.48. The number of hydrogen-bond donors (Lipinski definition) is 2. The van der Waals surface area contributed by atoms with Crippen LogP contribution >= 0.6 is 15.9 Å². The van der Waals surface area contributed by atoms with Gasteiger partial charge in [0.05, 0.1) is 0 Å². The second-order valence-electron chi connectivity index (χ2n) is 6.70. The van der Waals surface area contributed by atoms with Gasteiger partial charge in [-0.25, -0.2) is 0 Å². The van der Waals surface area contributed by atoms with E-state index < -0.39 is 0 Å². The number of benzene rings is 3. The number of anilines is 1. The average molecular weight is 449 g/mol. The molecule has 3 aromatic carbocycles. The Bertz CT molecular complexity index is 1050. The normalized spacial score (nSPS) is 11.1. The summed E-state index contributed by atoms with van der Waals surface area (Å²) in [5.74, 6) is -0.726. The van der Waals surface area contributed by atoms with Gasteiger partial charge >= 0.3 is 0 Å². The molecule has 0 radical (unpaired) electrons. The maximum atomic E-state index is 13.0. The summed E-state index contributed by atoms with van der Waals surface area (Å²) in [6.07, 6.45) is 1.66. The molecule has 3 rings (SSSR count). The van der Waals surface area contributed by atoms with Gasteiger partial charge in [0.25, 0.3) is 11.8 Å². The number of aryl methyl sites for hydroxylation is 2. The molecule has 0 bridgehead atoms. The van der Waals surface area contributed by atoms with Crippen molar-refractivity contribution < 1.29 is 9.59 Å². The number of carbonyl (C=O) groups is 2. The summed E-state index contributed by atoms with van der Waals surface area (Å²) in [4.78, 5) is 25.6. The molecule has 0 fully saturated rings. The van der Waals surface area contributed by atoms with Crippen molar-refractivity contribution in [1.82, 2.24) is 5.32 Å². The maximum Gasteiger partial charge on any atom is 0.272 e. The number of para-hydroxylation sites is 1. The molecule has 4 nitrogen and oxygen atoms in total. The Morgan fingerprint density at radius 1 is 0.862 bits per heavy atom. The SMILES string of the molecule is Cc1ccc(C(=O)NC(=Cc2ccc(Br)cc2)C(=O)Nc2ccccc2C)cc1. The molecule has 29 heavy (non-hydrogen) atoms. The molecular formula is C24H21BrN2O2. The molecule has 2 amide bonds. The first-order valence-corrected chi connectivity index (χ1v) is 9.94. The van der Waals surface area contributed by atoms with Crippen molar-refractivity contribution in [3.63, 3.8) is 0 Å². The first kappa shape index (κ1) is 20.6. The van der Waals surface area contributed by atoms with E-state index in [0.29, 0.717) is 11.3 Å². The summed E-state index contributed by atoms with van der Waals surface area (Å²) in [6.45, 7) is 3.87. The predicted molar refractivity (Wildman–Crippen MR) is 121 cm³/mol. The van der Waals surface area contributed by atoms with E-state index >= 15 is 0 Å². The third-order valence-electron chi connectivity index (χ3n) is 4.38. The minimum atomic E-state index is -0.386. The van der Waals surface area contributed by atoms with E-state index in [2.05, 4.69) is 26.6 Å². The summed E-state index contributed by atoms with van der Waals surface area (Å²) in [7, 11) is 0. The highest BCUT2D eigenvalue weighted by molar-refractivity contribution is 9.10. The largest absolute Gasteiger partial charge is 0.320 e. The minimum absolute atomic E-state index is 0.168. The number of amides is 2. The fourth-order valence-electron chi connectivity index (χ4n) is 2.69. The van der Waals surface area contributed by atoms with Gasteiger partial charge in [0.2, 0.25) is 0 Å². The fourth-order valence-corrected chi connectivity index (χ4v) is 2.95. The second kappa shape index (κ2) is 9.34. The van der Waals surface area contributed by atoms with E-state index in [4.69, 9.17) is 0 Å². The van der Waals surface area contributed by atoms with Crippen molar-refractivity contribution in [3.05, 3.63) is 105 Å². The Morgan fingerprint density at radius 2 is 1.52 bits per heavy atom. The Hall–Kier alpha value is -3.18. The van der Waals surface area contributed by atoms with Crippen molar-refractivity contribution in [3.8, 4) is 0 Å². The van der Waals surface area contributed by atoms with Crippen LogP contribution < -0.4 is 10.6 Å². The second-order valence-corrected chi connectivity index (χ2v) is 7.61. The molecule has 2 N–H and O–H groups in total. The van der Waals surface area contributed by atoms with E-state index in [1.165, 1.54) is 0 Å². The van der Waals surface area contributed by atoms with Gasteiger partial charge in [-0.1, -0.05) is 64.0 Å². The molecule has 146 valence electrons. The summed E-state index contributed by atoms with van der Waals surface area (Å²) < 4.78 is 0.934. The number of hydrogen-bond acceptors (Lipinski definition) is 2. The van der Waals surface area contributed by atoms with Gasteiger partial charge in [-0.3, -0.25) is 9.59 Å². The summed E-state index contributed by atoms with van der Waals surface area (Å²) in [6, 6.07) is 22.2. The molecule has 0 saturated heterocycles. The van der Waals surface area contributed by atoms with Crippen molar-refractivity contribution in [2.24, 2.45) is 0 Å². The lowest BCUT2D eigenvalue weighted by Gasteiger charge is -2.13. The summed E-state index contributed by atoms with van der Waals surface area (Å²) >= 11 is 3.40. The van der Waals surface area contributed by atoms with Gasteiger partial charge in [-0.15, -0.1) is 0 Å². The van der Waals surface area contributed by atoms with Crippen molar-refractivity contribution >= 4 is 39.5 Å². The van der Waals surface area contributed by atoms with Crippen LogP contribution in [-0.2, 0) is 4.79 Å². The van der Waals surface area contributed by atoms with Crippen LogP contribution in [0.4, 0.5) is 5.69 Å². The maximum absolute atomic E-state index is 13.0. The minimum Gasteiger partial charge on any atom is -0.320 e. The summed E-state index contributed by atoms with van der Waals surface area (Å²) in [5, 5.41) is 5.63. The average Bonchev–Trinajstić information content (AvgIpc) is 2.71. The van der Waals surface area contributed by atoms with E-state index in [9.17, 15) is 9.59 Å². The summed E-state index contributed by atoms with van der Waals surface area (Å²) in [5.41, 5.74) is 4.15. The number of rotatable bonds is 5. The number of carbonyl (C=O) groups excluding carboxylic acids is 2. The highest BCUT2D eigenvalue weighted by Gasteiger charge is 2.15. The van der Waals surface area contributed by atoms with Crippen LogP contribution in [-0.4, -0.2) is 11.8 Å². The van der Waals surface area contributed by atoms with Crippen LogP contribution in [0.1, 0.15) is 27.0 Å². The molecule has 3 aromatic rings. The lowest BCUT2D eigenvalue weighted by Crippen LogP contribution is -2.30. The van der Waals surface area contributed by atoms with Crippen molar-refractivity contribution in [2.45, 2.75) is 13.8 Å². The number of halogens is 1. The lowest BCUT2D eigenvalue weighted by atomic mass is 10.1. The van der Waals surface area contributed by atoms with Crippen molar-refractivity contribution in [2.75, 3.05) is 5.32 Å². The number of nitrogens with one attached hydrogen (secondary N) is 2. The third kappa shape index (κ3) is 5.65. The molecular weight excluding hydrogens is 428 g/mol. The Kier molecular flexibility index (Phi) is 6.62. The third-order valence-corrected chi connectivity index (χ3v) is 4.91. The standard InChI is InChI=1S/C24H21BrN2O2/c1-16-7-11-19(12-8-16)23(28)27-22(15-18-9-13-20(25)14-10-18)24(29)26-21-6-4-3-5-17(21)2/h3-15H,1-2H3,(H,26,29)(H,27,28). The van der Waals surface area contributed by atoms with Gasteiger partial charge in [-0.2, -0.15) is 0 Å². The monoisotopic (exact) mass is 448 g/mol. The molecule has 0 aromatic heterocycles. The van der Waals surface area contributed by atoms with Crippen LogP contribution in [0.15, 0.2) is 83.0 Å². The van der Waals surface area contributed by atoms with Crippen LogP contribution in [0.5, 0.6) is 0 Å². The van der Waals surface area contributed by atoms with Gasteiger partial charge in [-0.05, 0) is 61.4 Å². The van der Waals surface area contributed by atoms with Gasteiger partial charge in [0.1, 0.15) is 5.70 Å². The van der Waals surface area contributed by atoms with Gasteiger partial charge < -0.3 is 10.6 Å². The zero-order chi connectivity index (χ0) is 20.8. The van der Waals surface area contributed by atoms with Crippen LogP contribution in [0, 0.1) is 13.8 Å². The van der Waals surface area contributed by atoms with Crippen LogP contribution in [0.2, 0.25) is 0 Å². The van der Waals surface area contributed by atoms with E-state index in [1.807, 2.05) is 74.5 Å². The quantitative estimate of drug-likeness (QED) is 0.507. The first-order chi connectivity index (χ1) is 13.9. The van der Waals surface area contributed by atoms with Gasteiger partial charge in [0.15, 0.2) is 0 Å². The zero-order valence-corrected chi connectivity index (χ0v) is 17.8. The molecule has 5 heteroatoms. The smallest absolute Gasteiger partial charge is 0.272 e. The highest BCUT2D eigenvalue weighted by Crippen LogP contribution is 2.17. The first-order valence-electron chi connectivity index (χ1n) is 9.14. The fraction of sp³-hybridized carbons (Fsp3) is 0.0833. The van der Waals surface area contributed by atoms with E-state index in [-0.39, 0.29) is 17.5 Å². The molecule has 0 aliphatic rings. The molecule has 0 atom stereocenters. The molecule has 0 heterocycles. The molecule has 0 unspecified atom stereocenters. The van der Waals surface area contributed by atoms with Crippen molar-refractivity contribution in [1.29, 1.82) is 0 Å². The Morgan fingerprint density at radius 3 is 2.17 bits per heavy atom. The molecule has 0 spiro atoms. The van der Waals surface area contributed by atoms with Crippen LogP contribution in [0.3, 0.4) is 0 Å². The Balaban J connectivity index is 1.89. The Labute approximate surface area is 178 Å². The zero-order valence-electron chi connectivity index (χ0n) is 16.2. The highest BCUT2D eigenvalue weighted by atomic mass is 79.9. The topological polar surface area (TPSA) is 58.2 Å². The van der Waals surface area contributed by atoms with E-state index in [0.717, 1.165) is 21.2 Å². The van der Waals surface area contributed by atoms with Crippen LogP contribution in [0.25, 0.3) is 6.08 Å².